The smallest absolute Gasteiger partial charge is 0.254 e. The highest BCUT2D eigenvalue weighted by molar-refractivity contribution is 5.61. The molecule has 3 rings (SSSR count). The molecule has 1 saturated heterocycles. The van der Waals surface area contributed by atoms with Gasteiger partial charge in [0.25, 0.3) is 5.88 Å². The van der Waals surface area contributed by atoms with Gasteiger partial charge in [-0.2, -0.15) is 14.5 Å². The number of aromatic nitrogens is 4. The average molecular weight is 335 g/mol. The number of aryl methyl sites for hydroxylation is 1. The van der Waals surface area contributed by atoms with Crippen LogP contribution in [0.3, 0.4) is 0 Å². The zero-order valence-corrected chi connectivity index (χ0v) is 13.4. The molecule has 0 aromatic carbocycles. The number of carbonyl (C=O) groups is 1. The Morgan fingerprint density at radius 2 is 2.21 bits per heavy atom. The number of hydrogen-bond acceptors (Lipinski definition) is 6. The van der Waals surface area contributed by atoms with Crippen molar-refractivity contribution < 1.29 is 19.0 Å². The molecule has 2 aromatic rings. The Bertz CT molecular complexity index is 758. The Morgan fingerprint density at radius 1 is 1.46 bits per heavy atom. The molecule has 24 heavy (non-hydrogen) atoms. The molecule has 0 unspecified atom stereocenters. The lowest BCUT2D eigenvalue weighted by Gasteiger charge is -2.35. The molecule has 0 bridgehead atoms. The number of amides is 1. The third kappa shape index (κ3) is 2.94. The molecule has 9 heteroatoms. The monoisotopic (exact) mass is 335 g/mol. The second-order valence-electron chi connectivity index (χ2n) is 5.64. The van der Waals surface area contributed by atoms with E-state index in [-0.39, 0.29) is 18.6 Å². The van der Waals surface area contributed by atoms with Crippen LogP contribution < -0.4 is 4.74 Å². The van der Waals surface area contributed by atoms with Crippen LogP contribution in [0.5, 0.6) is 5.88 Å². The highest BCUT2D eigenvalue weighted by Crippen LogP contribution is 2.27. The summed E-state index contributed by atoms with van der Waals surface area (Å²) >= 11 is 0. The van der Waals surface area contributed by atoms with Gasteiger partial charge in [-0.05, 0) is 13.8 Å². The summed E-state index contributed by atoms with van der Waals surface area (Å²) < 4.78 is 21.1. The maximum absolute atomic E-state index is 13.9. The number of rotatable bonds is 6. The maximum atomic E-state index is 13.9. The lowest BCUT2D eigenvalue weighted by molar-refractivity contribution is -0.126. The summed E-state index contributed by atoms with van der Waals surface area (Å²) in [5.41, 5.74) is 2.17. The molecule has 2 aromatic heterocycles. The van der Waals surface area contributed by atoms with E-state index in [0.29, 0.717) is 36.7 Å². The van der Waals surface area contributed by atoms with E-state index in [2.05, 4.69) is 15.1 Å². The summed E-state index contributed by atoms with van der Waals surface area (Å²) in [4.78, 5) is 20.3. The number of halogens is 1. The van der Waals surface area contributed by atoms with Crippen LogP contribution in [0, 0.1) is 19.7 Å². The molecule has 0 radical (unpaired) electrons. The molecule has 1 aliphatic rings. The number of aliphatic hydroxyl groups excluding tert-OH is 1. The highest BCUT2D eigenvalue weighted by Gasteiger charge is 2.29. The molecular weight excluding hydrogens is 317 g/mol. The van der Waals surface area contributed by atoms with E-state index in [4.69, 9.17) is 9.84 Å². The Morgan fingerprint density at radius 3 is 2.88 bits per heavy atom. The summed E-state index contributed by atoms with van der Waals surface area (Å²) in [7, 11) is 0. The molecule has 3 heterocycles. The second kappa shape index (κ2) is 6.52. The van der Waals surface area contributed by atoms with Gasteiger partial charge in [0, 0.05) is 5.69 Å². The van der Waals surface area contributed by atoms with Crippen LogP contribution in [-0.4, -0.2) is 62.0 Å². The fraction of sp³-hybridized carbons (Fsp3) is 0.467. The lowest BCUT2D eigenvalue weighted by Crippen LogP contribution is -2.53. The van der Waals surface area contributed by atoms with Crippen LogP contribution in [0.2, 0.25) is 0 Å². The van der Waals surface area contributed by atoms with Crippen LogP contribution >= 0.6 is 0 Å². The van der Waals surface area contributed by atoms with Crippen molar-refractivity contribution in [1.82, 2.24) is 24.6 Å². The van der Waals surface area contributed by atoms with Crippen LogP contribution in [-0.2, 0) is 11.3 Å². The number of likely N-dealkylation sites (tertiary alicyclic amines) is 1. The first-order valence-corrected chi connectivity index (χ1v) is 7.57. The molecule has 1 fully saturated rings. The number of hydrogen-bond donors (Lipinski definition) is 1. The standard InChI is InChI=1S/C15H18FN5O3/c1-9-13(10(2)21(19-9)3-4-22)14-17-5-12(16)15(18-14)24-11-6-20(7-11)8-23/h5,8,11,22H,3-4,6-7H2,1-2H3. The third-order valence-electron chi connectivity index (χ3n) is 3.93. The maximum Gasteiger partial charge on any atom is 0.254 e. The van der Waals surface area contributed by atoms with Gasteiger partial charge in [0.05, 0.1) is 43.7 Å². The number of aliphatic hydroxyl groups is 1. The first kappa shape index (κ1) is 16.3. The van der Waals surface area contributed by atoms with Crippen molar-refractivity contribution in [3.8, 4) is 17.3 Å². The van der Waals surface area contributed by atoms with Gasteiger partial charge in [0.1, 0.15) is 6.10 Å². The zero-order valence-electron chi connectivity index (χ0n) is 13.4. The van der Waals surface area contributed by atoms with Crippen molar-refractivity contribution in [2.75, 3.05) is 19.7 Å². The van der Waals surface area contributed by atoms with E-state index >= 15 is 0 Å². The summed E-state index contributed by atoms with van der Waals surface area (Å²) in [5.74, 6) is -0.470. The SMILES string of the molecule is Cc1nn(CCO)c(C)c1-c1ncc(F)c(OC2CN(C=O)C2)n1. The van der Waals surface area contributed by atoms with Crippen LogP contribution in [0.1, 0.15) is 11.4 Å². The summed E-state index contributed by atoms with van der Waals surface area (Å²) in [5, 5.41) is 13.4. The van der Waals surface area contributed by atoms with Gasteiger partial charge in [0.15, 0.2) is 5.82 Å². The largest absolute Gasteiger partial charge is 0.468 e. The van der Waals surface area contributed by atoms with Gasteiger partial charge in [-0.25, -0.2) is 4.98 Å². The zero-order chi connectivity index (χ0) is 17.3. The fourth-order valence-electron chi connectivity index (χ4n) is 2.68. The van der Waals surface area contributed by atoms with Crippen molar-refractivity contribution >= 4 is 6.41 Å². The molecule has 8 nitrogen and oxygen atoms in total. The van der Waals surface area contributed by atoms with Crippen molar-refractivity contribution in [3.63, 3.8) is 0 Å². The Balaban J connectivity index is 1.87. The van der Waals surface area contributed by atoms with E-state index in [9.17, 15) is 9.18 Å². The molecule has 1 aliphatic heterocycles. The number of nitrogens with zero attached hydrogens (tertiary/aromatic N) is 5. The number of carbonyl (C=O) groups excluding carboxylic acids is 1. The molecular formula is C15H18FN5O3. The Hall–Kier alpha value is -2.55. The van der Waals surface area contributed by atoms with Crippen molar-refractivity contribution in [2.45, 2.75) is 26.5 Å². The lowest BCUT2D eigenvalue weighted by atomic mass is 10.2. The Kier molecular flexibility index (Phi) is 4.43. The minimum Gasteiger partial charge on any atom is -0.468 e. The van der Waals surface area contributed by atoms with Crippen molar-refractivity contribution in [3.05, 3.63) is 23.4 Å². The minimum atomic E-state index is -0.652. The predicted molar refractivity (Wildman–Crippen MR) is 81.8 cm³/mol. The van der Waals surface area contributed by atoms with E-state index in [0.717, 1.165) is 18.3 Å². The van der Waals surface area contributed by atoms with Gasteiger partial charge in [-0.1, -0.05) is 0 Å². The van der Waals surface area contributed by atoms with E-state index in [1.807, 2.05) is 6.92 Å². The normalized spacial score (nSPS) is 14.6. The first-order chi connectivity index (χ1) is 11.5. The van der Waals surface area contributed by atoms with Gasteiger partial charge in [-0.3, -0.25) is 9.48 Å². The van der Waals surface area contributed by atoms with Crippen LogP contribution in [0.25, 0.3) is 11.4 Å². The molecule has 128 valence electrons. The topological polar surface area (TPSA) is 93.4 Å². The average Bonchev–Trinajstić information content (AvgIpc) is 2.79. The molecule has 0 saturated carbocycles. The molecule has 0 aliphatic carbocycles. The van der Waals surface area contributed by atoms with E-state index in [1.54, 1.807) is 11.6 Å². The van der Waals surface area contributed by atoms with Crippen molar-refractivity contribution in [2.24, 2.45) is 0 Å². The van der Waals surface area contributed by atoms with E-state index in [1.165, 1.54) is 4.90 Å². The van der Waals surface area contributed by atoms with Crippen molar-refractivity contribution in [1.29, 1.82) is 0 Å². The predicted octanol–water partition coefficient (Wildman–Crippen LogP) is 0.308. The third-order valence-corrected chi connectivity index (χ3v) is 3.93. The first-order valence-electron chi connectivity index (χ1n) is 7.57. The summed E-state index contributed by atoms with van der Waals surface area (Å²) in [6.45, 7) is 4.79. The Labute approximate surface area is 137 Å². The number of ether oxygens (including phenoxy) is 1. The molecule has 0 atom stereocenters. The summed E-state index contributed by atoms with van der Waals surface area (Å²) in [6.07, 6.45) is 1.52. The molecule has 1 N–H and O–H groups in total. The summed E-state index contributed by atoms with van der Waals surface area (Å²) in [6, 6.07) is 0. The highest BCUT2D eigenvalue weighted by atomic mass is 19.1. The van der Waals surface area contributed by atoms with Crippen LogP contribution in [0.15, 0.2) is 6.20 Å². The fourth-order valence-corrected chi connectivity index (χ4v) is 2.68. The van der Waals surface area contributed by atoms with Gasteiger partial charge in [0.2, 0.25) is 12.2 Å². The van der Waals surface area contributed by atoms with Gasteiger partial charge in [-0.15, -0.1) is 0 Å². The quantitative estimate of drug-likeness (QED) is 0.764. The van der Waals surface area contributed by atoms with E-state index < -0.39 is 5.82 Å². The minimum absolute atomic E-state index is 0.0328. The van der Waals surface area contributed by atoms with Gasteiger partial charge >= 0.3 is 0 Å². The molecule has 0 spiro atoms. The second-order valence-corrected chi connectivity index (χ2v) is 5.64. The van der Waals surface area contributed by atoms with Crippen LogP contribution in [0.4, 0.5) is 4.39 Å². The molecule has 1 amide bonds. The van der Waals surface area contributed by atoms with Gasteiger partial charge < -0.3 is 14.7 Å².